The molecule has 0 heterocycles. The molecular weight excluding hydrogens is 300 g/mol. The van der Waals surface area contributed by atoms with Crippen molar-refractivity contribution in [3.63, 3.8) is 0 Å². The van der Waals surface area contributed by atoms with Crippen molar-refractivity contribution in [2.75, 3.05) is 51.8 Å². The van der Waals surface area contributed by atoms with Crippen LogP contribution >= 0.6 is 0 Å². The Bertz CT molecular complexity index is 474. The molecule has 0 spiro atoms. The summed E-state index contributed by atoms with van der Waals surface area (Å²) in [6, 6.07) is 10.5. The molecule has 0 radical (unpaired) electrons. The molecule has 1 aliphatic rings. The lowest BCUT2D eigenvalue weighted by molar-refractivity contribution is 0.123. The lowest BCUT2D eigenvalue weighted by atomic mass is 10.3. The van der Waals surface area contributed by atoms with Gasteiger partial charge in [-0.2, -0.15) is 0 Å². The third-order valence-corrected chi connectivity index (χ3v) is 4.19. The molecule has 5 nitrogen and oxygen atoms in total. The second-order valence-electron chi connectivity index (χ2n) is 6.41. The molecule has 0 aliphatic heterocycles. The number of hydrogen-bond acceptors (Lipinski definition) is 3. The van der Waals surface area contributed by atoms with E-state index in [0.717, 1.165) is 57.6 Å². The first-order valence-corrected chi connectivity index (χ1v) is 9.08. The number of aliphatic imine (C=N–C) groups is 1. The van der Waals surface area contributed by atoms with Crippen molar-refractivity contribution in [3.05, 3.63) is 30.3 Å². The van der Waals surface area contributed by atoms with Gasteiger partial charge in [-0.15, -0.1) is 0 Å². The molecule has 0 amide bonds. The van der Waals surface area contributed by atoms with E-state index in [1.54, 1.807) is 0 Å². The van der Waals surface area contributed by atoms with E-state index in [1.807, 2.05) is 13.1 Å². The molecule has 0 aromatic heterocycles. The molecule has 1 aliphatic carbocycles. The van der Waals surface area contributed by atoms with Gasteiger partial charge in [-0.1, -0.05) is 18.2 Å². The molecule has 2 N–H and O–H groups in total. The van der Waals surface area contributed by atoms with Crippen LogP contribution in [0.3, 0.4) is 0 Å². The number of nitrogens with one attached hydrogen (secondary N) is 2. The summed E-state index contributed by atoms with van der Waals surface area (Å²) in [7, 11) is 3.94. The molecule has 1 fully saturated rings. The topological polar surface area (TPSA) is 48.9 Å². The number of benzene rings is 1. The van der Waals surface area contributed by atoms with Crippen molar-refractivity contribution in [2.24, 2.45) is 10.9 Å². The Kier molecular flexibility index (Phi) is 8.46. The van der Waals surface area contributed by atoms with Gasteiger partial charge in [0.05, 0.1) is 0 Å². The Morgan fingerprint density at radius 3 is 2.54 bits per heavy atom. The molecule has 0 unspecified atom stereocenters. The Morgan fingerprint density at radius 1 is 1.17 bits per heavy atom. The van der Waals surface area contributed by atoms with Gasteiger partial charge in [-0.3, -0.25) is 4.99 Å². The van der Waals surface area contributed by atoms with Gasteiger partial charge in [0, 0.05) is 52.6 Å². The van der Waals surface area contributed by atoms with Crippen LogP contribution in [0.4, 0.5) is 5.69 Å². The number of rotatable bonds is 11. The summed E-state index contributed by atoms with van der Waals surface area (Å²) in [4.78, 5) is 6.53. The summed E-state index contributed by atoms with van der Waals surface area (Å²) in [5.74, 6) is 1.72. The van der Waals surface area contributed by atoms with Crippen LogP contribution in [0.2, 0.25) is 0 Å². The average Bonchev–Trinajstić information content (AvgIpc) is 3.44. The minimum absolute atomic E-state index is 0.836. The molecule has 1 aromatic rings. The molecule has 24 heavy (non-hydrogen) atoms. The molecule has 1 aromatic carbocycles. The van der Waals surface area contributed by atoms with Gasteiger partial charge in [0.2, 0.25) is 0 Å². The summed E-state index contributed by atoms with van der Waals surface area (Å²) >= 11 is 0. The predicted molar refractivity (Wildman–Crippen MR) is 102 cm³/mol. The van der Waals surface area contributed by atoms with Crippen LogP contribution in [0.15, 0.2) is 35.3 Å². The highest BCUT2D eigenvalue weighted by Crippen LogP contribution is 2.28. The molecule has 0 atom stereocenters. The highest BCUT2D eigenvalue weighted by atomic mass is 16.5. The van der Waals surface area contributed by atoms with Gasteiger partial charge in [-0.05, 0) is 43.7 Å². The highest BCUT2D eigenvalue weighted by molar-refractivity contribution is 5.79. The van der Waals surface area contributed by atoms with E-state index in [9.17, 15) is 0 Å². The average molecular weight is 332 g/mol. The lowest BCUT2D eigenvalue weighted by Crippen LogP contribution is -2.39. The zero-order valence-electron chi connectivity index (χ0n) is 15.1. The summed E-state index contributed by atoms with van der Waals surface area (Å²) in [6.07, 6.45) is 4.79. The Labute approximate surface area is 146 Å². The number of guanidine groups is 1. The van der Waals surface area contributed by atoms with E-state index in [-0.39, 0.29) is 0 Å². The lowest BCUT2D eigenvalue weighted by Gasteiger charge is -2.19. The molecule has 134 valence electrons. The van der Waals surface area contributed by atoms with Crippen LogP contribution in [0.25, 0.3) is 0 Å². The Balaban J connectivity index is 1.48. The van der Waals surface area contributed by atoms with Gasteiger partial charge in [0.25, 0.3) is 0 Å². The maximum Gasteiger partial charge on any atom is 0.190 e. The molecule has 1 saturated carbocycles. The maximum absolute atomic E-state index is 5.63. The van der Waals surface area contributed by atoms with E-state index >= 15 is 0 Å². The zero-order valence-corrected chi connectivity index (χ0v) is 15.1. The van der Waals surface area contributed by atoms with E-state index < -0.39 is 0 Å². The summed E-state index contributed by atoms with van der Waals surface area (Å²) in [5.41, 5.74) is 1.26. The van der Waals surface area contributed by atoms with Crippen molar-refractivity contribution in [1.29, 1.82) is 0 Å². The van der Waals surface area contributed by atoms with Crippen molar-refractivity contribution < 1.29 is 4.74 Å². The first-order chi connectivity index (χ1) is 11.8. The fourth-order valence-electron chi connectivity index (χ4n) is 2.47. The van der Waals surface area contributed by atoms with Crippen LogP contribution in [0, 0.1) is 5.92 Å². The second-order valence-corrected chi connectivity index (χ2v) is 6.41. The van der Waals surface area contributed by atoms with E-state index in [2.05, 4.69) is 51.8 Å². The Morgan fingerprint density at radius 2 is 1.88 bits per heavy atom. The monoisotopic (exact) mass is 332 g/mol. The molecule has 0 saturated heterocycles. The van der Waals surface area contributed by atoms with Crippen molar-refractivity contribution >= 4 is 11.6 Å². The minimum Gasteiger partial charge on any atom is -0.381 e. The highest BCUT2D eigenvalue weighted by Gasteiger charge is 2.20. The fourth-order valence-corrected chi connectivity index (χ4v) is 2.47. The molecule has 5 heteroatoms. The number of nitrogens with zero attached hydrogens (tertiary/aromatic N) is 2. The number of ether oxygens (including phenoxy) is 1. The summed E-state index contributed by atoms with van der Waals surface area (Å²) < 4.78 is 5.63. The first kappa shape index (κ1) is 18.6. The fraction of sp³-hybridized carbons (Fsp3) is 0.632. The number of anilines is 1. The third kappa shape index (κ3) is 7.68. The summed E-state index contributed by atoms with van der Waals surface area (Å²) in [5, 5.41) is 6.71. The van der Waals surface area contributed by atoms with E-state index in [1.165, 1.54) is 18.5 Å². The second kappa shape index (κ2) is 10.9. The van der Waals surface area contributed by atoms with Gasteiger partial charge in [0.1, 0.15) is 0 Å². The van der Waals surface area contributed by atoms with Gasteiger partial charge in [-0.25, -0.2) is 0 Å². The number of hydrogen-bond donors (Lipinski definition) is 2. The van der Waals surface area contributed by atoms with Crippen LogP contribution in [0.1, 0.15) is 25.7 Å². The van der Waals surface area contributed by atoms with E-state index in [4.69, 9.17) is 4.74 Å². The summed E-state index contributed by atoms with van der Waals surface area (Å²) in [6.45, 7) is 4.61. The minimum atomic E-state index is 0.836. The van der Waals surface area contributed by atoms with Crippen LogP contribution in [-0.2, 0) is 4.74 Å². The quantitative estimate of drug-likeness (QED) is 0.371. The van der Waals surface area contributed by atoms with Crippen molar-refractivity contribution in [1.82, 2.24) is 10.6 Å². The van der Waals surface area contributed by atoms with Crippen LogP contribution in [0.5, 0.6) is 0 Å². The predicted octanol–water partition coefficient (Wildman–Crippen LogP) is 2.49. The SMILES string of the molecule is CN=C(NCCCOCC1CC1)NCCCN(C)c1ccccc1. The third-order valence-electron chi connectivity index (χ3n) is 4.19. The van der Waals surface area contributed by atoms with Gasteiger partial charge in [0.15, 0.2) is 5.96 Å². The van der Waals surface area contributed by atoms with Crippen molar-refractivity contribution in [2.45, 2.75) is 25.7 Å². The first-order valence-electron chi connectivity index (χ1n) is 9.08. The molecule has 2 rings (SSSR count). The smallest absolute Gasteiger partial charge is 0.190 e. The zero-order chi connectivity index (χ0) is 17.0. The maximum atomic E-state index is 5.63. The normalized spacial score (nSPS) is 14.5. The van der Waals surface area contributed by atoms with Crippen LogP contribution < -0.4 is 15.5 Å². The molecular formula is C19H32N4O. The van der Waals surface area contributed by atoms with E-state index in [0.29, 0.717) is 0 Å². The molecule has 0 bridgehead atoms. The van der Waals surface area contributed by atoms with Crippen molar-refractivity contribution in [3.8, 4) is 0 Å². The standard InChI is InChI=1S/C19H32N4O/c1-20-19(22-13-7-15-24-16-17-10-11-17)21-12-6-14-23(2)18-8-4-3-5-9-18/h3-5,8-9,17H,6-7,10-16H2,1-2H3,(H2,20,21,22). The largest absolute Gasteiger partial charge is 0.381 e. The Hall–Kier alpha value is -1.75. The van der Waals surface area contributed by atoms with Gasteiger partial charge >= 0.3 is 0 Å². The number of para-hydroxylation sites is 1. The van der Waals surface area contributed by atoms with Crippen LogP contribution in [-0.4, -0.2) is 52.9 Å². The van der Waals surface area contributed by atoms with Gasteiger partial charge < -0.3 is 20.3 Å².